The first-order valence-corrected chi connectivity index (χ1v) is 5.84. The number of pyridine rings is 1. The van der Waals surface area contributed by atoms with Gasteiger partial charge < -0.3 is 10.1 Å². The van der Waals surface area contributed by atoms with E-state index in [4.69, 9.17) is 5.21 Å². The third kappa shape index (κ3) is 2.71. The van der Waals surface area contributed by atoms with E-state index in [1.165, 1.54) is 12.0 Å². The van der Waals surface area contributed by atoms with Gasteiger partial charge in [0.05, 0.1) is 0 Å². The van der Waals surface area contributed by atoms with E-state index in [2.05, 4.69) is 34.4 Å². The summed E-state index contributed by atoms with van der Waals surface area (Å²) in [5.74, 6) is 1.74. The second kappa shape index (κ2) is 5.27. The number of rotatable bonds is 4. The zero-order chi connectivity index (χ0) is 11.4. The number of hydrogen-bond donors (Lipinski definition) is 2. The molecule has 0 aromatic carbocycles. The van der Waals surface area contributed by atoms with E-state index in [0.717, 1.165) is 25.3 Å². The number of nitrogens with zero attached hydrogens (tertiary/aromatic N) is 2. The number of hydroxylamine groups is 1. The van der Waals surface area contributed by atoms with Gasteiger partial charge in [0.1, 0.15) is 5.82 Å². The van der Waals surface area contributed by atoms with Crippen molar-refractivity contribution in [1.29, 1.82) is 0 Å². The van der Waals surface area contributed by atoms with E-state index < -0.39 is 0 Å². The molecule has 1 atom stereocenters. The Morgan fingerprint density at radius 3 is 3.12 bits per heavy atom. The summed E-state index contributed by atoms with van der Waals surface area (Å²) in [5, 5.41) is 8.56. The van der Waals surface area contributed by atoms with E-state index in [0.29, 0.717) is 12.5 Å². The number of nitrogens with one attached hydrogen (secondary N) is 1. The standard InChI is InChI=1S/C12H19N3O/c1-10-2-3-12(13-8-10)15-7-5-11(9-15)4-6-14-16/h2-3,8,11,14,16H,4-7,9H2,1H3. The number of anilines is 1. The van der Waals surface area contributed by atoms with E-state index in [-0.39, 0.29) is 0 Å². The fraction of sp³-hybridized carbons (Fsp3) is 0.583. The molecule has 0 saturated carbocycles. The van der Waals surface area contributed by atoms with Crippen LogP contribution in [0.3, 0.4) is 0 Å². The molecule has 0 amide bonds. The molecule has 2 N–H and O–H groups in total. The average Bonchev–Trinajstić information content (AvgIpc) is 2.76. The Bertz CT molecular complexity index is 326. The molecule has 0 aliphatic carbocycles. The Morgan fingerprint density at radius 1 is 1.56 bits per heavy atom. The molecule has 1 unspecified atom stereocenters. The van der Waals surface area contributed by atoms with Crippen LogP contribution in [0.2, 0.25) is 0 Å². The summed E-state index contributed by atoms with van der Waals surface area (Å²) in [7, 11) is 0. The van der Waals surface area contributed by atoms with Gasteiger partial charge in [-0.1, -0.05) is 6.07 Å². The summed E-state index contributed by atoms with van der Waals surface area (Å²) in [5.41, 5.74) is 3.42. The van der Waals surface area contributed by atoms with Gasteiger partial charge in [0.15, 0.2) is 0 Å². The summed E-state index contributed by atoms with van der Waals surface area (Å²) in [6, 6.07) is 4.19. The fourth-order valence-electron chi connectivity index (χ4n) is 2.19. The van der Waals surface area contributed by atoms with E-state index in [1.807, 2.05) is 6.20 Å². The van der Waals surface area contributed by atoms with Gasteiger partial charge in [-0.3, -0.25) is 0 Å². The molecule has 1 aromatic rings. The molecule has 0 spiro atoms. The fourth-order valence-corrected chi connectivity index (χ4v) is 2.19. The van der Waals surface area contributed by atoms with Crippen molar-refractivity contribution in [1.82, 2.24) is 10.5 Å². The van der Waals surface area contributed by atoms with Crippen LogP contribution >= 0.6 is 0 Å². The molecule has 1 saturated heterocycles. The van der Waals surface area contributed by atoms with Crippen molar-refractivity contribution in [3.63, 3.8) is 0 Å². The average molecular weight is 221 g/mol. The lowest BCUT2D eigenvalue weighted by Gasteiger charge is -2.17. The van der Waals surface area contributed by atoms with Crippen molar-refractivity contribution in [2.45, 2.75) is 19.8 Å². The van der Waals surface area contributed by atoms with Gasteiger partial charge in [0.2, 0.25) is 0 Å². The normalized spacial score (nSPS) is 20.4. The second-order valence-electron chi connectivity index (χ2n) is 4.49. The molecule has 88 valence electrons. The number of aryl methyl sites for hydroxylation is 1. The van der Waals surface area contributed by atoms with Crippen LogP contribution in [0.15, 0.2) is 18.3 Å². The van der Waals surface area contributed by atoms with Gasteiger partial charge in [-0.2, -0.15) is 0 Å². The van der Waals surface area contributed by atoms with Gasteiger partial charge in [0, 0.05) is 25.8 Å². The zero-order valence-corrected chi connectivity index (χ0v) is 9.69. The van der Waals surface area contributed by atoms with Crippen LogP contribution in [0.1, 0.15) is 18.4 Å². The lowest BCUT2D eigenvalue weighted by Crippen LogP contribution is -2.22. The Hall–Kier alpha value is -1.13. The molecule has 1 aliphatic heterocycles. The lowest BCUT2D eigenvalue weighted by atomic mass is 10.1. The molecule has 2 heterocycles. The monoisotopic (exact) mass is 221 g/mol. The molecular weight excluding hydrogens is 202 g/mol. The first-order valence-electron chi connectivity index (χ1n) is 5.84. The summed E-state index contributed by atoms with van der Waals surface area (Å²) in [6.07, 6.45) is 4.13. The van der Waals surface area contributed by atoms with Crippen molar-refractivity contribution in [3.05, 3.63) is 23.9 Å². The molecule has 1 aliphatic rings. The minimum absolute atomic E-state index is 0.669. The van der Waals surface area contributed by atoms with E-state index in [9.17, 15) is 0 Å². The predicted molar refractivity (Wildman–Crippen MR) is 63.7 cm³/mol. The van der Waals surface area contributed by atoms with Gasteiger partial charge in [0.25, 0.3) is 0 Å². The Labute approximate surface area is 96.3 Å². The second-order valence-corrected chi connectivity index (χ2v) is 4.49. The van der Waals surface area contributed by atoms with Crippen molar-refractivity contribution < 1.29 is 5.21 Å². The van der Waals surface area contributed by atoms with Crippen LogP contribution in [-0.4, -0.2) is 29.8 Å². The van der Waals surface area contributed by atoms with Crippen LogP contribution in [0.5, 0.6) is 0 Å². The van der Waals surface area contributed by atoms with Crippen LogP contribution in [0.25, 0.3) is 0 Å². The first-order chi connectivity index (χ1) is 7.79. The van der Waals surface area contributed by atoms with Crippen molar-refractivity contribution >= 4 is 5.82 Å². The largest absolute Gasteiger partial charge is 0.356 e. The smallest absolute Gasteiger partial charge is 0.128 e. The maximum absolute atomic E-state index is 8.56. The molecule has 0 radical (unpaired) electrons. The highest BCUT2D eigenvalue weighted by atomic mass is 16.5. The molecular formula is C12H19N3O. The van der Waals surface area contributed by atoms with Crippen LogP contribution < -0.4 is 10.4 Å². The molecule has 4 nitrogen and oxygen atoms in total. The minimum Gasteiger partial charge on any atom is -0.356 e. The first kappa shape index (κ1) is 11.4. The topological polar surface area (TPSA) is 48.4 Å². The SMILES string of the molecule is Cc1ccc(N2CCC(CCNO)C2)nc1. The van der Waals surface area contributed by atoms with E-state index >= 15 is 0 Å². The van der Waals surface area contributed by atoms with Crippen molar-refractivity contribution in [2.24, 2.45) is 5.92 Å². The number of aromatic nitrogens is 1. The molecule has 2 rings (SSSR count). The summed E-state index contributed by atoms with van der Waals surface area (Å²) >= 11 is 0. The Morgan fingerprint density at radius 2 is 2.44 bits per heavy atom. The summed E-state index contributed by atoms with van der Waals surface area (Å²) in [6.45, 7) is 4.86. The zero-order valence-electron chi connectivity index (χ0n) is 9.69. The minimum atomic E-state index is 0.669. The number of hydrogen-bond acceptors (Lipinski definition) is 4. The van der Waals surface area contributed by atoms with Crippen LogP contribution in [0, 0.1) is 12.8 Å². The van der Waals surface area contributed by atoms with Gasteiger partial charge >= 0.3 is 0 Å². The third-order valence-corrected chi connectivity index (χ3v) is 3.17. The van der Waals surface area contributed by atoms with Gasteiger partial charge in [-0.15, -0.1) is 0 Å². The van der Waals surface area contributed by atoms with E-state index in [1.54, 1.807) is 0 Å². The van der Waals surface area contributed by atoms with Crippen molar-refractivity contribution in [3.8, 4) is 0 Å². The van der Waals surface area contributed by atoms with Gasteiger partial charge in [-0.25, -0.2) is 10.5 Å². The molecule has 4 heteroatoms. The highest BCUT2D eigenvalue weighted by Crippen LogP contribution is 2.23. The molecule has 0 bridgehead atoms. The quantitative estimate of drug-likeness (QED) is 0.758. The molecule has 1 fully saturated rings. The van der Waals surface area contributed by atoms with Gasteiger partial charge in [-0.05, 0) is 37.3 Å². The maximum atomic E-state index is 8.56. The van der Waals surface area contributed by atoms with Crippen LogP contribution in [0.4, 0.5) is 5.82 Å². The Balaban J connectivity index is 1.90. The maximum Gasteiger partial charge on any atom is 0.128 e. The van der Waals surface area contributed by atoms with Crippen molar-refractivity contribution in [2.75, 3.05) is 24.5 Å². The third-order valence-electron chi connectivity index (χ3n) is 3.17. The predicted octanol–water partition coefficient (Wildman–Crippen LogP) is 1.59. The molecule has 1 aromatic heterocycles. The van der Waals surface area contributed by atoms with Crippen LogP contribution in [-0.2, 0) is 0 Å². The summed E-state index contributed by atoms with van der Waals surface area (Å²) < 4.78 is 0. The Kier molecular flexibility index (Phi) is 3.74. The highest BCUT2D eigenvalue weighted by molar-refractivity contribution is 5.40. The lowest BCUT2D eigenvalue weighted by molar-refractivity contribution is 0.160. The highest BCUT2D eigenvalue weighted by Gasteiger charge is 2.22. The molecule has 16 heavy (non-hydrogen) atoms. The summed E-state index contributed by atoms with van der Waals surface area (Å²) in [4.78, 5) is 6.76.